The van der Waals surface area contributed by atoms with Crippen molar-refractivity contribution in [2.45, 2.75) is 20.4 Å². The predicted octanol–water partition coefficient (Wildman–Crippen LogP) is 3.21. The fraction of sp³-hybridized carbons (Fsp3) is 0.231. The van der Waals surface area contributed by atoms with Gasteiger partial charge in [-0.05, 0) is 43.2 Å². The predicted molar refractivity (Wildman–Crippen MR) is 63.6 cm³/mol. The minimum Gasteiger partial charge on any atom is -0.508 e. The average Bonchev–Trinajstić information content (AvgIpc) is 2.74. The summed E-state index contributed by atoms with van der Waals surface area (Å²) in [4.78, 5) is 0. The van der Waals surface area contributed by atoms with Crippen molar-refractivity contribution >= 4 is 5.69 Å². The van der Waals surface area contributed by atoms with Crippen LogP contribution < -0.4 is 5.32 Å². The van der Waals surface area contributed by atoms with Crippen molar-refractivity contribution in [3.05, 3.63) is 47.4 Å². The summed E-state index contributed by atoms with van der Waals surface area (Å²) in [5, 5.41) is 12.8. The number of furan rings is 1. The van der Waals surface area contributed by atoms with Crippen molar-refractivity contribution in [2.75, 3.05) is 5.32 Å². The normalized spacial score (nSPS) is 10.4. The molecule has 1 aromatic carbocycles. The molecule has 0 radical (unpaired) electrons. The van der Waals surface area contributed by atoms with E-state index in [2.05, 4.69) is 5.32 Å². The summed E-state index contributed by atoms with van der Waals surface area (Å²) in [6.45, 7) is 4.58. The van der Waals surface area contributed by atoms with Crippen LogP contribution in [0.4, 0.5) is 5.69 Å². The minimum absolute atomic E-state index is 0.339. The molecule has 1 aromatic heterocycles. The Kier molecular flexibility index (Phi) is 2.86. The molecular formula is C13H15NO2. The summed E-state index contributed by atoms with van der Waals surface area (Å²) in [5.74, 6) is 0.339. The van der Waals surface area contributed by atoms with Gasteiger partial charge in [0.25, 0.3) is 0 Å². The van der Waals surface area contributed by atoms with E-state index in [0.29, 0.717) is 5.75 Å². The van der Waals surface area contributed by atoms with Crippen LogP contribution in [-0.4, -0.2) is 5.11 Å². The highest BCUT2D eigenvalue weighted by molar-refractivity contribution is 5.56. The van der Waals surface area contributed by atoms with Gasteiger partial charge in [-0.2, -0.15) is 0 Å². The zero-order valence-corrected chi connectivity index (χ0v) is 9.45. The van der Waals surface area contributed by atoms with Crippen LogP contribution in [-0.2, 0) is 6.54 Å². The highest BCUT2D eigenvalue weighted by atomic mass is 16.3. The molecule has 2 N–H and O–H groups in total. The zero-order chi connectivity index (χ0) is 11.5. The maximum Gasteiger partial charge on any atom is 0.118 e. The lowest BCUT2D eigenvalue weighted by Gasteiger charge is -2.10. The zero-order valence-electron chi connectivity index (χ0n) is 9.45. The summed E-state index contributed by atoms with van der Waals surface area (Å²) in [5.41, 5.74) is 4.05. The van der Waals surface area contributed by atoms with Gasteiger partial charge in [0.15, 0.2) is 0 Å². The summed E-state index contributed by atoms with van der Waals surface area (Å²) in [6, 6.07) is 5.65. The van der Waals surface area contributed by atoms with Gasteiger partial charge in [-0.1, -0.05) is 0 Å². The van der Waals surface area contributed by atoms with Gasteiger partial charge in [-0.25, -0.2) is 0 Å². The lowest BCUT2D eigenvalue weighted by Crippen LogP contribution is -2.00. The van der Waals surface area contributed by atoms with E-state index in [0.717, 1.165) is 28.9 Å². The Balaban J connectivity index is 2.12. The van der Waals surface area contributed by atoms with Gasteiger partial charge in [0.2, 0.25) is 0 Å². The number of nitrogens with one attached hydrogen (secondary N) is 1. The van der Waals surface area contributed by atoms with Gasteiger partial charge >= 0.3 is 0 Å². The fourth-order valence-electron chi connectivity index (χ4n) is 1.58. The maximum absolute atomic E-state index is 9.53. The first kappa shape index (κ1) is 10.6. The van der Waals surface area contributed by atoms with Crippen molar-refractivity contribution < 1.29 is 9.52 Å². The highest BCUT2D eigenvalue weighted by Gasteiger charge is 2.03. The average molecular weight is 217 g/mol. The van der Waals surface area contributed by atoms with E-state index < -0.39 is 0 Å². The van der Waals surface area contributed by atoms with Crippen LogP contribution in [0, 0.1) is 13.8 Å². The molecule has 3 heteroatoms. The lowest BCUT2D eigenvalue weighted by molar-refractivity contribution is 0.471. The molecule has 0 aliphatic heterocycles. The minimum atomic E-state index is 0.339. The third-order valence-corrected chi connectivity index (χ3v) is 2.61. The number of phenolic OH excluding ortho intramolecular Hbond substituents is 1. The number of aryl methyl sites for hydroxylation is 2. The molecule has 0 spiro atoms. The quantitative estimate of drug-likeness (QED) is 0.776. The summed E-state index contributed by atoms with van der Waals surface area (Å²) < 4.78 is 5.00. The summed E-state index contributed by atoms with van der Waals surface area (Å²) in [6.07, 6.45) is 3.38. The van der Waals surface area contributed by atoms with E-state index >= 15 is 0 Å². The number of rotatable bonds is 3. The van der Waals surface area contributed by atoms with E-state index in [1.54, 1.807) is 18.6 Å². The van der Waals surface area contributed by atoms with Gasteiger partial charge in [0.05, 0.1) is 12.5 Å². The molecule has 0 saturated carbocycles. The molecule has 0 atom stereocenters. The van der Waals surface area contributed by atoms with E-state index in [9.17, 15) is 5.11 Å². The third kappa shape index (κ3) is 2.19. The van der Waals surface area contributed by atoms with Gasteiger partial charge in [0, 0.05) is 17.8 Å². The molecule has 2 aromatic rings. The summed E-state index contributed by atoms with van der Waals surface area (Å²) >= 11 is 0. The molecule has 0 amide bonds. The molecule has 16 heavy (non-hydrogen) atoms. The second-order valence-electron chi connectivity index (χ2n) is 3.94. The van der Waals surface area contributed by atoms with Crippen LogP contribution >= 0.6 is 0 Å². The van der Waals surface area contributed by atoms with Crippen molar-refractivity contribution in [3.63, 3.8) is 0 Å². The van der Waals surface area contributed by atoms with Crippen LogP contribution in [0.5, 0.6) is 5.75 Å². The third-order valence-electron chi connectivity index (χ3n) is 2.61. The number of aromatic hydroxyl groups is 1. The molecule has 0 aliphatic rings. The lowest BCUT2D eigenvalue weighted by atomic mass is 10.1. The van der Waals surface area contributed by atoms with Crippen LogP contribution in [0.25, 0.3) is 0 Å². The molecule has 0 unspecified atom stereocenters. The van der Waals surface area contributed by atoms with E-state index in [4.69, 9.17) is 4.42 Å². The van der Waals surface area contributed by atoms with Crippen molar-refractivity contribution in [3.8, 4) is 5.75 Å². The van der Waals surface area contributed by atoms with Crippen LogP contribution in [0.3, 0.4) is 0 Å². The molecule has 1 heterocycles. The number of benzene rings is 1. The maximum atomic E-state index is 9.53. The Morgan fingerprint density at radius 2 is 2.06 bits per heavy atom. The van der Waals surface area contributed by atoms with Crippen molar-refractivity contribution in [1.29, 1.82) is 0 Å². The molecular weight excluding hydrogens is 202 g/mol. The fourth-order valence-corrected chi connectivity index (χ4v) is 1.58. The Morgan fingerprint density at radius 3 is 2.75 bits per heavy atom. The molecule has 0 saturated heterocycles. The number of hydrogen-bond acceptors (Lipinski definition) is 3. The van der Waals surface area contributed by atoms with E-state index in [-0.39, 0.29) is 0 Å². The van der Waals surface area contributed by atoms with Crippen LogP contribution in [0.1, 0.15) is 16.7 Å². The number of phenols is 1. The number of anilines is 1. The second-order valence-corrected chi connectivity index (χ2v) is 3.94. The van der Waals surface area contributed by atoms with Gasteiger partial charge in [0.1, 0.15) is 5.75 Å². The van der Waals surface area contributed by atoms with Gasteiger partial charge in [-0.3, -0.25) is 0 Å². The Bertz CT molecular complexity index is 475. The van der Waals surface area contributed by atoms with Crippen molar-refractivity contribution in [2.24, 2.45) is 0 Å². The van der Waals surface area contributed by atoms with Gasteiger partial charge in [-0.15, -0.1) is 0 Å². The van der Waals surface area contributed by atoms with E-state index in [1.165, 1.54) is 0 Å². The molecule has 2 rings (SSSR count). The monoisotopic (exact) mass is 217 g/mol. The first-order chi connectivity index (χ1) is 7.66. The molecule has 0 bridgehead atoms. The SMILES string of the molecule is Cc1cc(NCc2ccoc2)c(C)cc1O. The Morgan fingerprint density at radius 1 is 1.25 bits per heavy atom. The van der Waals surface area contributed by atoms with Gasteiger partial charge < -0.3 is 14.8 Å². The Labute approximate surface area is 94.7 Å². The number of hydrogen-bond donors (Lipinski definition) is 2. The summed E-state index contributed by atoms with van der Waals surface area (Å²) in [7, 11) is 0. The van der Waals surface area contributed by atoms with E-state index in [1.807, 2.05) is 26.0 Å². The molecule has 0 fully saturated rings. The van der Waals surface area contributed by atoms with Crippen LogP contribution in [0.2, 0.25) is 0 Å². The Hall–Kier alpha value is -1.90. The standard InChI is InChI=1S/C13H15NO2/c1-9-6-13(15)10(2)5-12(9)14-7-11-3-4-16-8-11/h3-6,8,14-15H,7H2,1-2H3. The van der Waals surface area contributed by atoms with Crippen molar-refractivity contribution in [1.82, 2.24) is 0 Å². The highest BCUT2D eigenvalue weighted by Crippen LogP contribution is 2.25. The second kappa shape index (κ2) is 4.31. The first-order valence-electron chi connectivity index (χ1n) is 5.22. The largest absolute Gasteiger partial charge is 0.508 e. The smallest absolute Gasteiger partial charge is 0.118 e. The molecule has 0 aliphatic carbocycles. The molecule has 3 nitrogen and oxygen atoms in total. The van der Waals surface area contributed by atoms with Crippen LogP contribution in [0.15, 0.2) is 35.1 Å². The topological polar surface area (TPSA) is 45.4 Å². The molecule has 84 valence electrons. The first-order valence-corrected chi connectivity index (χ1v) is 5.22.